The minimum atomic E-state index is 0. The predicted molar refractivity (Wildman–Crippen MR) is 78.4 cm³/mol. The van der Waals surface area contributed by atoms with Crippen molar-refractivity contribution < 1.29 is 0 Å². The van der Waals surface area contributed by atoms with E-state index in [1.165, 1.54) is 9.35 Å². The molecule has 1 aromatic heterocycles. The molecule has 0 aliphatic heterocycles. The van der Waals surface area contributed by atoms with Gasteiger partial charge in [-0.05, 0) is 40.2 Å². The molecule has 1 aromatic rings. The molecule has 3 N–H and O–H groups in total. The average Bonchev–Trinajstić information content (AvgIpc) is 2.60. The van der Waals surface area contributed by atoms with Gasteiger partial charge in [0.15, 0.2) is 0 Å². The second-order valence-electron chi connectivity index (χ2n) is 4.32. The van der Waals surface area contributed by atoms with E-state index in [0.29, 0.717) is 12.5 Å². The molecule has 0 saturated carbocycles. The summed E-state index contributed by atoms with van der Waals surface area (Å²) in [5.74, 6) is 0.529. The highest BCUT2D eigenvalue weighted by Crippen LogP contribution is 2.24. The molecule has 0 aliphatic carbocycles. The van der Waals surface area contributed by atoms with Gasteiger partial charge in [0, 0.05) is 28.0 Å². The van der Waals surface area contributed by atoms with Crippen molar-refractivity contribution in [3.8, 4) is 0 Å². The molecular weight excluding hydrogens is 308 g/mol. The topological polar surface area (TPSA) is 38.0 Å². The van der Waals surface area contributed by atoms with Gasteiger partial charge in [0.1, 0.15) is 0 Å². The van der Waals surface area contributed by atoms with Crippen molar-refractivity contribution >= 4 is 39.7 Å². The van der Waals surface area contributed by atoms with Gasteiger partial charge in [0.25, 0.3) is 0 Å². The summed E-state index contributed by atoms with van der Waals surface area (Å²) in [7, 11) is 0. The molecule has 1 heterocycles. The summed E-state index contributed by atoms with van der Waals surface area (Å²) < 4.78 is 1.18. The average molecular weight is 328 g/mol. The Bertz CT molecular complexity index is 317. The standard InChI is InChI=1S/C11H19BrN2S.ClH/c1-8(2)11(3,7-13)14-6-10-9(12)4-5-15-10;/h4-5,8,14H,6-7,13H2,1-3H3;1H. The highest BCUT2D eigenvalue weighted by molar-refractivity contribution is 9.10. The van der Waals surface area contributed by atoms with Gasteiger partial charge in [-0.3, -0.25) is 0 Å². The van der Waals surface area contributed by atoms with Crippen molar-refractivity contribution in [2.24, 2.45) is 11.7 Å². The molecule has 2 nitrogen and oxygen atoms in total. The van der Waals surface area contributed by atoms with E-state index in [4.69, 9.17) is 5.73 Å². The van der Waals surface area contributed by atoms with E-state index in [-0.39, 0.29) is 17.9 Å². The van der Waals surface area contributed by atoms with Crippen LogP contribution in [-0.4, -0.2) is 12.1 Å². The third kappa shape index (κ3) is 4.00. The molecule has 1 atom stereocenters. The lowest BCUT2D eigenvalue weighted by Gasteiger charge is -2.33. The maximum atomic E-state index is 5.81. The summed E-state index contributed by atoms with van der Waals surface area (Å²) in [5.41, 5.74) is 5.83. The van der Waals surface area contributed by atoms with Crippen molar-refractivity contribution in [3.63, 3.8) is 0 Å². The molecule has 1 unspecified atom stereocenters. The Morgan fingerprint density at radius 1 is 1.56 bits per heavy atom. The third-order valence-electron chi connectivity index (χ3n) is 3.04. The van der Waals surface area contributed by atoms with Crippen LogP contribution in [0.4, 0.5) is 0 Å². The van der Waals surface area contributed by atoms with Gasteiger partial charge >= 0.3 is 0 Å². The van der Waals surface area contributed by atoms with E-state index >= 15 is 0 Å². The zero-order valence-corrected chi connectivity index (χ0v) is 13.1. The number of hydrogen-bond acceptors (Lipinski definition) is 3. The molecule has 0 fully saturated rings. The summed E-state index contributed by atoms with van der Waals surface area (Å²) in [6.45, 7) is 8.11. The normalized spacial score (nSPS) is 14.6. The second kappa shape index (κ2) is 6.97. The quantitative estimate of drug-likeness (QED) is 0.870. The van der Waals surface area contributed by atoms with E-state index in [0.717, 1.165) is 6.54 Å². The smallest absolute Gasteiger partial charge is 0.0327 e. The van der Waals surface area contributed by atoms with Gasteiger partial charge in [0.2, 0.25) is 0 Å². The molecule has 1 rings (SSSR count). The van der Waals surface area contributed by atoms with Gasteiger partial charge in [-0.15, -0.1) is 23.7 Å². The van der Waals surface area contributed by atoms with Crippen molar-refractivity contribution in [3.05, 3.63) is 20.8 Å². The first-order chi connectivity index (χ1) is 6.99. The molecule has 0 spiro atoms. The SMILES string of the molecule is CC(C)C(C)(CN)NCc1sccc1Br.Cl. The van der Waals surface area contributed by atoms with Crippen molar-refractivity contribution in [2.75, 3.05) is 6.54 Å². The summed E-state index contributed by atoms with van der Waals surface area (Å²) >= 11 is 5.29. The minimum Gasteiger partial charge on any atom is -0.329 e. The molecule has 0 aromatic carbocycles. The molecule has 0 radical (unpaired) electrons. The predicted octanol–water partition coefficient (Wildman–Crippen LogP) is 3.40. The number of halogens is 2. The van der Waals surface area contributed by atoms with Crippen LogP contribution in [0.5, 0.6) is 0 Å². The lowest BCUT2D eigenvalue weighted by Crippen LogP contribution is -2.52. The van der Waals surface area contributed by atoms with Crippen LogP contribution in [-0.2, 0) is 6.54 Å². The van der Waals surface area contributed by atoms with Gasteiger partial charge in [0.05, 0.1) is 0 Å². The Hall–Kier alpha value is 0.390. The Kier molecular flexibility index (Phi) is 7.14. The van der Waals surface area contributed by atoms with Crippen molar-refractivity contribution in [1.29, 1.82) is 0 Å². The van der Waals surface area contributed by atoms with Crippen molar-refractivity contribution in [1.82, 2.24) is 5.32 Å². The zero-order chi connectivity index (χ0) is 11.5. The number of nitrogens with two attached hydrogens (primary N) is 1. The third-order valence-corrected chi connectivity index (χ3v) is 4.97. The zero-order valence-electron chi connectivity index (χ0n) is 9.92. The van der Waals surface area contributed by atoms with E-state index in [1.807, 2.05) is 0 Å². The van der Waals surface area contributed by atoms with Crippen molar-refractivity contribution in [2.45, 2.75) is 32.9 Å². The molecule has 0 saturated heterocycles. The van der Waals surface area contributed by atoms with E-state index in [2.05, 4.69) is 53.5 Å². The van der Waals surface area contributed by atoms with Crippen LogP contribution in [0.25, 0.3) is 0 Å². The van der Waals surface area contributed by atoms with E-state index < -0.39 is 0 Å². The van der Waals surface area contributed by atoms with Crippen LogP contribution in [0.15, 0.2) is 15.9 Å². The summed E-state index contributed by atoms with van der Waals surface area (Å²) in [5, 5.41) is 5.64. The van der Waals surface area contributed by atoms with Crippen LogP contribution in [0.3, 0.4) is 0 Å². The highest BCUT2D eigenvalue weighted by atomic mass is 79.9. The Balaban J connectivity index is 0.00000225. The monoisotopic (exact) mass is 326 g/mol. The maximum Gasteiger partial charge on any atom is 0.0327 e. The molecule has 0 bridgehead atoms. The van der Waals surface area contributed by atoms with Crippen LogP contribution >= 0.6 is 39.7 Å². The minimum absolute atomic E-state index is 0. The van der Waals surface area contributed by atoms with E-state index in [1.54, 1.807) is 11.3 Å². The van der Waals surface area contributed by atoms with Crippen LogP contribution in [0.1, 0.15) is 25.6 Å². The lowest BCUT2D eigenvalue weighted by atomic mass is 9.88. The number of nitrogens with one attached hydrogen (secondary N) is 1. The number of thiophene rings is 1. The van der Waals surface area contributed by atoms with Crippen LogP contribution < -0.4 is 11.1 Å². The second-order valence-corrected chi connectivity index (χ2v) is 6.18. The molecule has 16 heavy (non-hydrogen) atoms. The first-order valence-electron chi connectivity index (χ1n) is 5.16. The summed E-state index contributed by atoms with van der Waals surface area (Å²) in [6.07, 6.45) is 0. The molecule has 0 aliphatic rings. The fraction of sp³-hybridized carbons (Fsp3) is 0.636. The Morgan fingerprint density at radius 2 is 2.19 bits per heavy atom. The van der Waals surface area contributed by atoms with Gasteiger partial charge in [-0.25, -0.2) is 0 Å². The van der Waals surface area contributed by atoms with Crippen LogP contribution in [0, 0.1) is 5.92 Å². The summed E-state index contributed by atoms with van der Waals surface area (Å²) in [4.78, 5) is 1.33. The lowest BCUT2D eigenvalue weighted by molar-refractivity contribution is 0.268. The highest BCUT2D eigenvalue weighted by Gasteiger charge is 2.25. The fourth-order valence-corrected chi connectivity index (χ4v) is 2.68. The van der Waals surface area contributed by atoms with Gasteiger partial charge in [-0.1, -0.05) is 13.8 Å². The largest absolute Gasteiger partial charge is 0.329 e. The first-order valence-corrected chi connectivity index (χ1v) is 6.84. The van der Waals surface area contributed by atoms with Crippen LogP contribution in [0.2, 0.25) is 0 Å². The molecule has 94 valence electrons. The fourth-order valence-electron chi connectivity index (χ4n) is 1.25. The summed E-state index contributed by atoms with van der Waals surface area (Å²) in [6, 6.07) is 2.08. The maximum absolute atomic E-state index is 5.81. The molecule has 0 amide bonds. The van der Waals surface area contributed by atoms with Gasteiger partial charge < -0.3 is 11.1 Å². The first kappa shape index (κ1) is 16.4. The Morgan fingerprint density at radius 3 is 2.56 bits per heavy atom. The molecule has 5 heteroatoms. The Labute approximate surface area is 117 Å². The number of rotatable bonds is 5. The van der Waals surface area contributed by atoms with Gasteiger partial charge in [-0.2, -0.15) is 0 Å². The van der Waals surface area contributed by atoms with E-state index in [9.17, 15) is 0 Å². The number of hydrogen-bond donors (Lipinski definition) is 2. The molecular formula is C11H20BrClN2S.